The molecule has 0 aliphatic heterocycles. The van der Waals surface area contributed by atoms with Crippen LogP contribution in [0.2, 0.25) is 0 Å². The number of rotatable bonds is 1. The summed E-state index contributed by atoms with van der Waals surface area (Å²) >= 11 is 0. The predicted octanol–water partition coefficient (Wildman–Crippen LogP) is 1.40. The van der Waals surface area contributed by atoms with Crippen molar-refractivity contribution in [3.8, 4) is 11.9 Å². The molecule has 2 aromatic rings. The Kier molecular flexibility index (Phi) is 2.27. The second-order valence-electron chi connectivity index (χ2n) is 3.86. The van der Waals surface area contributed by atoms with Gasteiger partial charge in [0.15, 0.2) is 5.82 Å². The Hall–Kier alpha value is -2.09. The van der Waals surface area contributed by atoms with Crippen molar-refractivity contribution in [2.24, 2.45) is 7.05 Å². The Labute approximate surface area is 93.9 Å². The van der Waals surface area contributed by atoms with Gasteiger partial charge in [-0.15, -0.1) is 0 Å². The molecule has 5 nitrogen and oxygen atoms in total. The van der Waals surface area contributed by atoms with Crippen molar-refractivity contribution >= 4 is 0 Å². The molecule has 0 radical (unpaired) electrons. The molecule has 16 heavy (non-hydrogen) atoms. The van der Waals surface area contributed by atoms with Crippen LogP contribution in [0.25, 0.3) is 5.82 Å². The molecule has 0 aromatic carbocycles. The largest absolute Gasteiger partial charge is 0.250 e. The van der Waals surface area contributed by atoms with Crippen LogP contribution in [-0.4, -0.2) is 19.6 Å². The summed E-state index contributed by atoms with van der Waals surface area (Å²) in [5.41, 5.74) is 3.23. The van der Waals surface area contributed by atoms with E-state index in [2.05, 4.69) is 16.3 Å². The highest BCUT2D eigenvalue weighted by Gasteiger charge is 2.16. The zero-order valence-electron chi connectivity index (χ0n) is 9.81. The van der Waals surface area contributed by atoms with Crippen LogP contribution in [0.1, 0.15) is 22.6 Å². The van der Waals surface area contributed by atoms with Gasteiger partial charge >= 0.3 is 0 Å². The van der Waals surface area contributed by atoms with Crippen molar-refractivity contribution in [3.05, 3.63) is 28.7 Å². The fourth-order valence-corrected chi connectivity index (χ4v) is 1.86. The molecule has 0 N–H and O–H groups in total. The summed E-state index contributed by atoms with van der Waals surface area (Å²) in [6.07, 6.45) is 0. The first-order chi connectivity index (χ1) is 7.54. The lowest BCUT2D eigenvalue weighted by Crippen LogP contribution is -2.07. The molecule has 0 atom stereocenters. The highest BCUT2D eigenvalue weighted by atomic mass is 15.4. The highest BCUT2D eigenvalue weighted by Crippen LogP contribution is 2.18. The van der Waals surface area contributed by atoms with E-state index in [1.54, 1.807) is 9.36 Å². The lowest BCUT2D eigenvalue weighted by molar-refractivity contribution is 0.682. The molecule has 0 aliphatic carbocycles. The van der Waals surface area contributed by atoms with E-state index in [-0.39, 0.29) is 0 Å². The lowest BCUT2D eigenvalue weighted by Gasteiger charge is -2.04. The van der Waals surface area contributed by atoms with Crippen LogP contribution < -0.4 is 0 Å². The first kappa shape index (κ1) is 10.4. The molecular formula is C11H13N5. The summed E-state index contributed by atoms with van der Waals surface area (Å²) in [5.74, 6) is 0.727. The number of hydrogen-bond acceptors (Lipinski definition) is 3. The normalized spacial score (nSPS) is 10.4. The number of aryl methyl sites for hydroxylation is 4. The minimum Gasteiger partial charge on any atom is -0.250 e. The zero-order chi connectivity index (χ0) is 11.9. The Bertz CT molecular complexity index is 582. The molecule has 0 unspecified atom stereocenters. The van der Waals surface area contributed by atoms with Crippen LogP contribution in [0.4, 0.5) is 0 Å². The molecule has 0 bridgehead atoms. The molecule has 82 valence electrons. The number of aromatic nitrogens is 4. The molecule has 0 spiro atoms. The molecule has 2 heterocycles. The van der Waals surface area contributed by atoms with Crippen LogP contribution in [0.15, 0.2) is 6.07 Å². The van der Waals surface area contributed by atoms with E-state index in [0.29, 0.717) is 5.56 Å². The molecule has 0 fully saturated rings. The maximum absolute atomic E-state index is 9.13. The SMILES string of the molecule is Cc1cc(C)n(-c2c(C#N)c(C)nn2C)n1. The zero-order valence-corrected chi connectivity index (χ0v) is 9.81. The minimum absolute atomic E-state index is 0.578. The summed E-state index contributed by atoms with van der Waals surface area (Å²) in [6, 6.07) is 4.15. The average molecular weight is 215 g/mol. The van der Waals surface area contributed by atoms with E-state index in [1.807, 2.05) is 33.9 Å². The molecule has 0 saturated heterocycles. The number of nitrogens with zero attached hydrogens (tertiary/aromatic N) is 5. The average Bonchev–Trinajstić information content (AvgIpc) is 2.66. The van der Waals surface area contributed by atoms with E-state index in [0.717, 1.165) is 22.9 Å². The van der Waals surface area contributed by atoms with Gasteiger partial charge < -0.3 is 0 Å². The monoisotopic (exact) mass is 215 g/mol. The Balaban J connectivity index is 2.74. The molecule has 0 amide bonds. The summed E-state index contributed by atoms with van der Waals surface area (Å²) in [6.45, 7) is 5.72. The Morgan fingerprint density at radius 3 is 2.44 bits per heavy atom. The molecule has 2 rings (SSSR count). The summed E-state index contributed by atoms with van der Waals surface area (Å²) in [7, 11) is 1.82. The van der Waals surface area contributed by atoms with Gasteiger partial charge in [-0.3, -0.25) is 0 Å². The maximum Gasteiger partial charge on any atom is 0.170 e. The third-order valence-corrected chi connectivity index (χ3v) is 2.51. The topological polar surface area (TPSA) is 59.4 Å². The maximum atomic E-state index is 9.13. The van der Waals surface area contributed by atoms with Crippen molar-refractivity contribution in [2.75, 3.05) is 0 Å². The van der Waals surface area contributed by atoms with Crippen LogP contribution in [0.5, 0.6) is 0 Å². The smallest absolute Gasteiger partial charge is 0.170 e. The van der Waals surface area contributed by atoms with E-state index < -0.39 is 0 Å². The third kappa shape index (κ3) is 1.39. The first-order valence-corrected chi connectivity index (χ1v) is 5.02. The second kappa shape index (κ2) is 3.49. The molecule has 2 aromatic heterocycles. The van der Waals surface area contributed by atoms with Crippen molar-refractivity contribution in [1.29, 1.82) is 5.26 Å². The van der Waals surface area contributed by atoms with Gasteiger partial charge in [-0.05, 0) is 26.8 Å². The van der Waals surface area contributed by atoms with Gasteiger partial charge in [0.05, 0.1) is 11.4 Å². The lowest BCUT2D eigenvalue weighted by atomic mass is 10.2. The third-order valence-electron chi connectivity index (χ3n) is 2.51. The van der Waals surface area contributed by atoms with Crippen molar-refractivity contribution in [3.63, 3.8) is 0 Å². The van der Waals surface area contributed by atoms with Gasteiger partial charge in [0, 0.05) is 12.7 Å². The fourth-order valence-electron chi connectivity index (χ4n) is 1.86. The van der Waals surface area contributed by atoms with E-state index in [4.69, 9.17) is 5.26 Å². The summed E-state index contributed by atoms with van der Waals surface area (Å²) < 4.78 is 3.45. The summed E-state index contributed by atoms with van der Waals surface area (Å²) in [5, 5.41) is 17.7. The quantitative estimate of drug-likeness (QED) is 0.722. The summed E-state index contributed by atoms with van der Waals surface area (Å²) in [4.78, 5) is 0. The van der Waals surface area contributed by atoms with Gasteiger partial charge in [0.25, 0.3) is 0 Å². The molecule has 0 saturated carbocycles. The Morgan fingerprint density at radius 2 is 1.94 bits per heavy atom. The standard InChI is InChI=1S/C11H13N5/c1-7-5-8(2)16(13-7)11-10(6-12)9(3)14-15(11)4/h5H,1-4H3. The van der Waals surface area contributed by atoms with E-state index >= 15 is 0 Å². The predicted molar refractivity (Wildman–Crippen MR) is 59.3 cm³/mol. The Morgan fingerprint density at radius 1 is 1.25 bits per heavy atom. The highest BCUT2D eigenvalue weighted by molar-refractivity contribution is 5.47. The number of hydrogen-bond donors (Lipinski definition) is 0. The first-order valence-electron chi connectivity index (χ1n) is 5.02. The van der Waals surface area contributed by atoms with Crippen molar-refractivity contribution < 1.29 is 0 Å². The van der Waals surface area contributed by atoms with Gasteiger partial charge in [-0.25, -0.2) is 9.36 Å². The van der Waals surface area contributed by atoms with Gasteiger partial charge in [0.1, 0.15) is 11.6 Å². The van der Waals surface area contributed by atoms with Crippen molar-refractivity contribution in [2.45, 2.75) is 20.8 Å². The van der Waals surface area contributed by atoms with Crippen LogP contribution in [-0.2, 0) is 7.05 Å². The van der Waals surface area contributed by atoms with Gasteiger partial charge in [0.2, 0.25) is 0 Å². The number of nitriles is 1. The molecule has 5 heteroatoms. The van der Waals surface area contributed by atoms with Crippen molar-refractivity contribution in [1.82, 2.24) is 19.6 Å². The van der Waals surface area contributed by atoms with E-state index in [1.165, 1.54) is 0 Å². The van der Waals surface area contributed by atoms with Crippen LogP contribution in [0, 0.1) is 32.1 Å². The minimum atomic E-state index is 0.578. The molecular weight excluding hydrogens is 202 g/mol. The molecule has 0 aliphatic rings. The van der Waals surface area contributed by atoms with Crippen LogP contribution in [0.3, 0.4) is 0 Å². The van der Waals surface area contributed by atoms with E-state index in [9.17, 15) is 0 Å². The van der Waals surface area contributed by atoms with Gasteiger partial charge in [-0.1, -0.05) is 0 Å². The fraction of sp³-hybridized carbons (Fsp3) is 0.364. The van der Waals surface area contributed by atoms with Gasteiger partial charge in [-0.2, -0.15) is 15.5 Å². The second-order valence-corrected chi connectivity index (χ2v) is 3.86. The van der Waals surface area contributed by atoms with Crippen LogP contribution >= 0.6 is 0 Å².